The smallest absolute Gasteiger partial charge is 0.213 e. The molecule has 0 amide bonds. The lowest BCUT2D eigenvalue weighted by atomic mass is 10.1. The molecule has 0 aliphatic carbocycles. The van der Waals surface area contributed by atoms with E-state index < -0.39 is 0 Å². The topological polar surface area (TPSA) is 55.5 Å². The zero-order chi connectivity index (χ0) is 18.4. The number of fused-ring (bicyclic) bond motifs is 3. The monoisotopic (exact) mass is 359 g/mol. The van der Waals surface area contributed by atoms with E-state index in [0.717, 1.165) is 47.0 Å². The fourth-order valence-electron chi connectivity index (χ4n) is 3.68. The number of aryl methyl sites for hydroxylation is 2. The van der Waals surface area contributed by atoms with Crippen LogP contribution in [0.5, 0.6) is 0 Å². The molecule has 0 saturated carbocycles. The van der Waals surface area contributed by atoms with E-state index in [4.69, 9.17) is 9.72 Å². The van der Waals surface area contributed by atoms with Crippen LogP contribution < -0.4 is 4.90 Å². The predicted octanol–water partition coefficient (Wildman–Crippen LogP) is 3.40. The molecule has 6 nitrogen and oxygen atoms in total. The van der Waals surface area contributed by atoms with Crippen molar-refractivity contribution in [1.29, 1.82) is 0 Å². The molecule has 1 aliphatic heterocycles. The molecule has 0 unspecified atom stereocenters. The minimum absolute atomic E-state index is 0.705. The summed E-state index contributed by atoms with van der Waals surface area (Å²) < 4.78 is 7.64. The van der Waals surface area contributed by atoms with Gasteiger partial charge >= 0.3 is 0 Å². The summed E-state index contributed by atoms with van der Waals surface area (Å²) in [7, 11) is 0. The number of hydrogen-bond acceptors (Lipinski definition) is 5. The van der Waals surface area contributed by atoms with Crippen molar-refractivity contribution in [2.75, 3.05) is 31.2 Å². The Morgan fingerprint density at radius 3 is 2.56 bits per heavy atom. The highest BCUT2D eigenvalue weighted by atomic mass is 16.5. The van der Waals surface area contributed by atoms with Gasteiger partial charge in [-0.2, -0.15) is 0 Å². The van der Waals surface area contributed by atoms with E-state index in [1.165, 1.54) is 11.1 Å². The van der Waals surface area contributed by atoms with Gasteiger partial charge in [0.1, 0.15) is 0 Å². The lowest BCUT2D eigenvalue weighted by molar-refractivity contribution is 0.122. The van der Waals surface area contributed by atoms with E-state index in [-0.39, 0.29) is 0 Å². The zero-order valence-electron chi connectivity index (χ0n) is 15.5. The van der Waals surface area contributed by atoms with Crippen molar-refractivity contribution in [2.45, 2.75) is 13.8 Å². The lowest BCUT2D eigenvalue weighted by Gasteiger charge is -2.28. The van der Waals surface area contributed by atoms with Gasteiger partial charge in [0, 0.05) is 24.0 Å². The van der Waals surface area contributed by atoms with Gasteiger partial charge in [0.25, 0.3) is 0 Å². The third-order valence-electron chi connectivity index (χ3n) is 5.05. The number of morpholine rings is 1. The first-order valence-corrected chi connectivity index (χ1v) is 9.26. The molecule has 27 heavy (non-hydrogen) atoms. The maximum atomic E-state index is 5.54. The van der Waals surface area contributed by atoms with Gasteiger partial charge in [-0.05, 0) is 32.0 Å². The van der Waals surface area contributed by atoms with E-state index in [0.29, 0.717) is 13.2 Å². The van der Waals surface area contributed by atoms with Gasteiger partial charge in [-0.25, -0.2) is 9.38 Å². The Bertz CT molecular complexity index is 1140. The Kier molecular flexibility index (Phi) is 3.79. The standard InChI is InChI=1S/C21H21N5O/c1-14-4-3-5-16(12-14)19-23-24-20-17-13-15(2)6-7-18(17)22-21(26(19)20)25-8-10-27-11-9-25/h3-7,12-13H,8-11H2,1-2H3. The summed E-state index contributed by atoms with van der Waals surface area (Å²) in [4.78, 5) is 7.26. The van der Waals surface area contributed by atoms with E-state index >= 15 is 0 Å². The van der Waals surface area contributed by atoms with Crippen molar-refractivity contribution < 1.29 is 4.74 Å². The minimum atomic E-state index is 0.705. The Hall–Kier alpha value is -2.99. The van der Waals surface area contributed by atoms with Crippen LogP contribution in [0.4, 0.5) is 5.95 Å². The van der Waals surface area contributed by atoms with Crippen LogP contribution in [0.3, 0.4) is 0 Å². The SMILES string of the molecule is Cc1cccc(-c2nnc3c4cc(C)ccc4nc(N4CCOCC4)n23)c1. The van der Waals surface area contributed by atoms with Crippen LogP contribution in [0.1, 0.15) is 11.1 Å². The molecular weight excluding hydrogens is 338 g/mol. The van der Waals surface area contributed by atoms with Crippen molar-refractivity contribution >= 4 is 22.5 Å². The largest absolute Gasteiger partial charge is 0.378 e. The number of nitrogens with zero attached hydrogens (tertiary/aromatic N) is 5. The molecular formula is C21H21N5O. The summed E-state index contributed by atoms with van der Waals surface area (Å²) in [5, 5.41) is 10.1. The van der Waals surface area contributed by atoms with E-state index in [9.17, 15) is 0 Å². The first-order valence-electron chi connectivity index (χ1n) is 9.26. The molecule has 136 valence electrons. The first-order chi connectivity index (χ1) is 13.2. The van der Waals surface area contributed by atoms with E-state index in [1.807, 2.05) is 0 Å². The molecule has 3 heterocycles. The number of hydrogen-bond donors (Lipinski definition) is 0. The van der Waals surface area contributed by atoms with Gasteiger partial charge in [-0.1, -0.05) is 35.4 Å². The molecule has 5 rings (SSSR count). The molecule has 6 heteroatoms. The van der Waals surface area contributed by atoms with Gasteiger partial charge in [0.15, 0.2) is 11.5 Å². The third-order valence-corrected chi connectivity index (χ3v) is 5.05. The van der Waals surface area contributed by atoms with Crippen molar-refractivity contribution in [2.24, 2.45) is 0 Å². The van der Waals surface area contributed by atoms with Gasteiger partial charge in [-0.15, -0.1) is 10.2 Å². The van der Waals surface area contributed by atoms with Gasteiger partial charge in [0.2, 0.25) is 5.95 Å². The quantitative estimate of drug-likeness (QED) is 0.549. The van der Waals surface area contributed by atoms with Crippen LogP contribution in [-0.4, -0.2) is 45.9 Å². The fourth-order valence-corrected chi connectivity index (χ4v) is 3.68. The highest BCUT2D eigenvalue weighted by Crippen LogP contribution is 2.29. The van der Waals surface area contributed by atoms with Crippen LogP contribution in [0.15, 0.2) is 42.5 Å². The Balaban J connectivity index is 1.84. The number of anilines is 1. The molecule has 2 aromatic carbocycles. The van der Waals surface area contributed by atoms with Crippen LogP contribution in [-0.2, 0) is 4.74 Å². The van der Waals surface area contributed by atoms with E-state index in [1.54, 1.807) is 0 Å². The first kappa shape index (κ1) is 16.2. The van der Waals surface area contributed by atoms with Crippen LogP contribution in [0.25, 0.3) is 27.9 Å². The summed E-state index contributed by atoms with van der Waals surface area (Å²) in [6.07, 6.45) is 0. The summed E-state index contributed by atoms with van der Waals surface area (Å²) in [6.45, 7) is 7.21. The summed E-state index contributed by atoms with van der Waals surface area (Å²) in [5.41, 5.74) is 5.22. The van der Waals surface area contributed by atoms with Gasteiger partial charge in [0.05, 0.1) is 18.7 Å². The molecule has 0 N–H and O–H groups in total. The molecule has 0 radical (unpaired) electrons. The second-order valence-electron chi connectivity index (χ2n) is 7.08. The second kappa shape index (κ2) is 6.32. The van der Waals surface area contributed by atoms with Crippen molar-refractivity contribution in [3.8, 4) is 11.4 Å². The highest BCUT2D eigenvalue weighted by molar-refractivity contribution is 5.94. The second-order valence-corrected chi connectivity index (χ2v) is 7.08. The Labute approximate surface area is 157 Å². The third kappa shape index (κ3) is 2.73. The van der Waals surface area contributed by atoms with Crippen molar-refractivity contribution in [3.63, 3.8) is 0 Å². The van der Waals surface area contributed by atoms with Gasteiger partial charge in [-0.3, -0.25) is 0 Å². The van der Waals surface area contributed by atoms with Crippen LogP contribution in [0.2, 0.25) is 0 Å². The average molecular weight is 359 g/mol. The molecule has 0 spiro atoms. The fraction of sp³-hybridized carbons (Fsp3) is 0.286. The number of ether oxygens (including phenoxy) is 1. The highest BCUT2D eigenvalue weighted by Gasteiger charge is 2.22. The zero-order valence-corrected chi connectivity index (χ0v) is 15.5. The maximum absolute atomic E-state index is 5.54. The normalized spacial score (nSPS) is 15.0. The molecule has 0 bridgehead atoms. The summed E-state index contributed by atoms with van der Waals surface area (Å²) in [6, 6.07) is 14.6. The lowest BCUT2D eigenvalue weighted by Crippen LogP contribution is -2.38. The van der Waals surface area contributed by atoms with E-state index in [2.05, 4.69) is 75.8 Å². The van der Waals surface area contributed by atoms with Crippen molar-refractivity contribution in [1.82, 2.24) is 19.6 Å². The van der Waals surface area contributed by atoms with Crippen LogP contribution in [0, 0.1) is 13.8 Å². The molecule has 4 aromatic rings. The molecule has 0 atom stereocenters. The van der Waals surface area contributed by atoms with Crippen LogP contribution >= 0.6 is 0 Å². The molecule has 2 aromatic heterocycles. The minimum Gasteiger partial charge on any atom is -0.378 e. The number of aromatic nitrogens is 4. The predicted molar refractivity (Wildman–Crippen MR) is 106 cm³/mol. The van der Waals surface area contributed by atoms with Gasteiger partial charge < -0.3 is 9.64 Å². The maximum Gasteiger partial charge on any atom is 0.213 e. The molecule has 1 saturated heterocycles. The Morgan fingerprint density at radius 2 is 1.74 bits per heavy atom. The molecule has 1 fully saturated rings. The summed E-state index contributed by atoms with van der Waals surface area (Å²) >= 11 is 0. The van der Waals surface area contributed by atoms with Crippen molar-refractivity contribution in [3.05, 3.63) is 53.6 Å². The average Bonchev–Trinajstić information content (AvgIpc) is 3.14. The number of rotatable bonds is 2. The Morgan fingerprint density at radius 1 is 0.926 bits per heavy atom. The number of benzene rings is 2. The summed E-state index contributed by atoms with van der Waals surface area (Å²) in [5.74, 6) is 1.71. The molecule has 1 aliphatic rings.